The average molecular weight is 1030 g/mol. The van der Waals surface area contributed by atoms with Gasteiger partial charge in [0, 0.05) is 40.3 Å². The molecule has 0 aromatic rings. The van der Waals surface area contributed by atoms with E-state index in [0.717, 1.165) is 12.8 Å². The maximum absolute atomic E-state index is 9.79. The second-order valence-electron chi connectivity index (χ2n) is 8.38. The van der Waals surface area contributed by atoms with E-state index in [4.69, 9.17) is 33.5 Å². The first-order valence-electron chi connectivity index (χ1n) is 11.9. The van der Waals surface area contributed by atoms with Gasteiger partial charge in [0.05, 0.1) is 49.8 Å². The zero-order valence-electron chi connectivity index (χ0n) is 23.9. The summed E-state index contributed by atoms with van der Waals surface area (Å²) in [6.45, 7) is 8.62. The third kappa shape index (κ3) is 16.0. The number of aliphatic hydroxyl groups excluding tert-OH is 2. The summed E-state index contributed by atoms with van der Waals surface area (Å²) in [6.07, 6.45) is 0.803. The molecule has 2 saturated heterocycles. The first kappa shape index (κ1) is 44.6. The second-order valence-corrected chi connectivity index (χ2v) is 43.8. The molecule has 0 bridgehead atoms. The van der Waals surface area contributed by atoms with Crippen LogP contribution in [0.1, 0.15) is 40.5 Å². The molecular formula is C24H50I4O8V-. The minimum absolute atomic E-state index is 0. The molecule has 13 heteroatoms. The molecule has 228 valence electrons. The Morgan fingerprint density at radius 3 is 1.41 bits per heavy atom. The monoisotopic (exact) mass is 1020 g/mol. The van der Waals surface area contributed by atoms with Crippen molar-refractivity contribution in [3.8, 4) is 0 Å². The Labute approximate surface area is 277 Å². The van der Waals surface area contributed by atoms with Crippen LogP contribution in [0.25, 0.3) is 0 Å². The Balaban J connectivity index is -0.000000507. The van der Waals surface area contributed by atoms with Crippen LogP contribution in [0.5, 0.6) is 0 Å². The van der Waals surface area contributed by atoms with Crippen LogP contribution in [-0.2, 0) is 33.3 Å². The standard InChI is InChI=1S/C12H24O4.C10H20O4.CH3I.CH3.3HI.V/c1-6-9-11(14-4)8(2)12(15-5)10(16-9)7-13-3;1-4-7-10(13-3)6(2)9(12)8(5-11)14-7;1-2;;;;;/h8-12H,6-7H2,1-5H3;6-12H,4-5H2,1-3H3;1H3;1H3;3*1H;/q;;;-1;;;;+3/p-3/t8-,9-,10?,11?,12-;6-,7+,8?,9+,10?;;;;;;/m10....../s1. The summed E-state index contributed by atoms with van der Waals surface area (Å²) in [6, 6.07) is 0. The van der Waals surface area contributed by atoms with Gasteiger partial charge in [0.2, 0.25) is 0 Å². The van der Waals surface area contributed by atoms with Gasteiger partial charge in [-0.05, 0) is 17.8 Å². The van der Waals surface area contributed by atoms with E-state index in [9.17, 15) is 5.11 Å². The van der Waals surface area contributed by atoms with Crippen molar-refractivity contribution in [2.75, 3.05) is 46.6 Å². The van der Waals surface area contributed by atoms with E-state index in [1.165, 1.54) is 0 Å². The van der Waals surface area contributed by atoms with Gasteiger partial charge in [-0.25, -0.2) is 0 Å². The predicted octanol–water partition coefficient (Wildman–Crippen LogP) is 5.80. The third-order valence-corrected chi connectivity index (χ3v) is 6.40. The van der Waals surface area contributed by atoms with Crippen LogP contribution >= 0.6 is 82.5 Å². The quantitative estimate of drug-likeness (QED) is 0.179. The van der Waals surface area contributed by atoms with E-state index in [-0.39, 0.29) is 61.5 Å². The fraction of sp³-hybridized carbons (Fsp3) is 0.958. The van der Waals surface area contributed by atoms with Crippen molar-refractivity contribution >= 4 is 82.5 Å². The van der Waals surface area contributed by atoms with Gasteiger partial charge in [-0.1, -0.05) is 50.3 Å². The predicted molar refractivity (Wildman–Crippen MR) is 182 cm³/mol. The molecule has 0 aromatic carbocycles. The van der Waals surface area contributed by atoms with Gasteiger partial charge in [-0.15, -0.1) is 0 Å². The molecule has 2 rings (SSSR count). The first-order chi connectivity index (χ1) is 17.1. The molecule has 2 aliphatic rings. The van der Waals surface area contributed by atoms with Crippen LogP contribution in [0.3, 0.4) is 0 Å². The Morgan fingerprint density at radius 2 is 1.08 bits per heavy atom. The number of alkyl halides is 1. The van der Waals surface area contributed by atoms with Gasteiger partial charge in [-0.3, -0.25) is 0 Å². The number of ether oxygens (including phenoxy) is 6. The fourth-order valence-electron chi connectivity index (χ4n) is 4.70. The number of rotatable bonds is 8. The number of hydrogen-bond acceptors (Lipinski definition) is 8. The van der Waals surface area contributed by atoms with Crippen LogP contribution < -0.4 is 0 Å². The zero-order valence-corrected chi connectivity index (χ0v) is 33.9. The van der Waals surface area contributed by atoms with Crippen molar-refractivity contribution in [3.63, 3.8) is 0 Å². The van der Waals surface area contributed by atoms with Crippen LogP contribution in [0, 0.1) is 19.3 Å². The number of methoxy groups -OCH3 is 4. The molecule has 0 aromatic heterocycles. The van der Waals surface area contributed by atoms with Crippen molar-refractivity contribution < 1.29 is 43.6 Å². The van der Waals surface area contributed by atoms with Gasteiger partial charge in [-0.2, -0.15) is 0 Å². The van der Waals surface area contributed by atoms with E-state index in [1.54, 1.807) is 28.4 Å². The van der Waals surface area contributed by atoms with E-state index in [0.29, 0.717) is 12.5 Å². The fourth-order valence-corrected chi connectivity index (χ4v) is 4.70. The molecule has 0 spiro atoms. The second kappa shape index (κ2) is 26.8. The van der Waals surface area contributed by atoms with Gasteiger partial charge >= 0.3 is 64.9 Å². The molecule has 4 unspecified atom stereocenters. The number of aliphatic hydroxyl groups is 2. The van der Waals surface area contributed by atoms with Gasteiger partial charge in [0.1, 0.15) is 12.2 Å². The van der Waals surface area contributed by atoms with E-state index >= 15 is 0 Å². The van der Waals surface area contributed by atoms with Crippen molar-refractivity contribution in [2.24, 2.45) is 11.8 Å². The summed E-state index contributed by atoms with van der Waals surface area (Å²) < 4.78 is 33.0. The SMILES string of the molecule is CC[C@H]1OC(CO)[C@H](O)[C@H](C)C1OC.CC[C@H]1OC(COC)[C@H](OC)[C@H](C)C1OC.CI.[CH3-].[I][V]([I])[I]. The number of hydrogen-bond donors (Lipinski definition) is 2. The number of halogens is 4. The zero-order chi connectivity index (χ0) is 28.4. The molecule has 37 heavy (non-hydrogen) atoms. The molecule has 10 atom stereocenters. The maximum atomic E-state index is 9.79. The van der Waals surface area contributed by atoms with Gasteiger partial charge in [0.15, 0.2) is 0 Å². The average Bonchev–Trinajstić information content (AvgIpc) is 2.86. The summed E-state index contributed by atoms with van der Waals surface area (Å²) in [5, 5.41) is 18.8. The van der Waals surface area contributed by atoms with Crippen molar-refractivity contribution in [2.45, 2.75) is 89.4 Å². The molecule has 8 nitrogen and oxygen atoms in total. The van der Waals surface area contributed by atoms with Crippen LogP contribution in [0.15, 0.2) is 0 Å². The van der Waals surface area contributed by atoms with Crippen LogP contribution in [-0.4, -0.2) is 106 Å². The van der Waals surface area contributed by atoms with Crippen molar-refractivity contribution in [3.05, 3.63) is 7.43 Å². The Hall–Kier alpha value is 3.18. The van der Waals surface area contributed by atoms with Gasteiger partial charge < -0.3 is 46.1 Å². The summed E-state index contributed by atoms with van der Waals surface area (Å²) >= 11 is 9.54. The molecule has 0 saturated carbocycles. The summed E-state index contributed by atoms with van der Waals surface area (Å²) in [7, 11) is 6.76. The van der Waals surface area contributed by atoms with Crippen LogP contribution in [0.4, 0.5) is 0 Å². The Kier molecular flexibility index (Phi) is 32.3. The van der Waals surface area contributed by atoms with E-state index in [2.05, 4.69) is 96.4 Å². The normalized spacial score (nSPS) is 35.0. The topological polar surface area (TPSA) is 95.8 Å². The minimum atomic E-state index is -0.646. The molecular weight excluding hydrogens is 975 g/mol. The van der Waals surface area contributed by atoms with Gasteiger partial charge in [0.25, 0.3) is 0 Å². The molecule has 2 fully saturated rings. The summed E-state index contributed by atoms with van der Waals surface area (Å²) in [4.78, 5) is 1.69. The molecule has 0 amide bonds. The first-order valence-corrected chi connectivity index (χ1v) is 27.6. The van der Waals surface area contributed by atoms with Crippen LogP contribution in [0.2, 0.25) is 0 Å². The third-order valence-electron chi connectivity index (χ3n) is 6.40. The Bertz CT molecular complexity index is 509. The van der Waals surface area contributed by atoms with Crippen molar-refractivity contribution in [1.82, 2.24) is 0 Å². The Morgan fingerprint density at radius 1 is 0.730 bits per heavy atom. The molecule has 2 aliphatic heterocycles. The molecule has 0 radical (unpaired) electrons. The molecule has 2 heterocycles. The summed E-state index contributed by atoms with van der Waals surface area (Å²) in [5.41, 5.74) is 0. The van der Waals surface area contributed by atoms with E-state index in [1.807, 2.05) is 18.8 Å². The molecule has 2 N–H and O–H groups in total. The van der Waals surface area contributed by atoms with E-state index < -0.39 is 12.2 Å². The summed E-state index contributed by atoms with van der Waals surface area (Å²) in [5.74, 6) is 0.310. The van der Waals surface area contributed by atoms with Crippen molar-refractivity contribution in [1.29, 1.82) is 0 Å². The molecule has 0 aliphatic carbocycles.